The Kier molecular flexibility index (Phi) is 3.96. The summed E-state index contributed by atoms with van der Waals surface area (Å²) in [6, 6.07) is 4.68. The molecule has 0 aliphatic rings. The molecule has 2 aromatic rings. The van der Waals surface area contributed by atoms with Crippen molar-refractivity contribution < 1.29 is 0 Å². The van der Waals surface area contributed by atoms with Gasteiger partial charge < -0.3 is 5.32 Å². The lowest BCUT2D eigenvalue weighted by atomic mass is 10.2. The van der Waals surface area contributed by atoms with Crippen LogP contribution in [-0.4, -0.2) is 4.98 Å². The standard InChI is InChI=1S/C12H16N2S2/c1-3-9-8-16-12(13-9)14-10(4-2)11-6-5-7-15-11/h5-8,10H,3-4H2,1-2H3,(H,13,14). The summed E-state index contributed by atoms with van der Waals surface area (Å²) in [4.78, 5) is 5.92. The molecule has 16 heavy (non-hydrogen) atoms. The van der Waals surface area contributed by atoms with E-state index in [0.29, 0.717) is 6.04 Å². The number of anilines is 1. The monoisotopic (exact) mass is 252 g/mol. The van der Waals surface area contributed by atoms with Gasteiger partial charge in [-0.1, -0.05) is 19.9 Å². The maximum atomic E-state index is 4.54. The van der Waals surface area contributed by atoms with Gasteiger partial charge in [0, 0.05) is 10.3 Å². The molecule has 1 unspecified atom stereocenters. The van der Waals surface area contributed by atoms with Gasteiger partial charge in [0.05, 0.1) is 11.7 Å². The summed E-state index contributed by atoms with van der Waals surface area (Å²) in [5.41, 5.74) is 1.17. The van der Waals surface area contributed by atoms with Crippen molar-refractivity contribution in [1.82, 2.24) is 4.98 Å². The summed E-state index contributed by atoms with van der Waals surface area (Å²) < 4.78 is 0. The third kappa shape index (κ3) is 2.62. The van der Waals surface area contributed by atoms with Gasteiger partial charge in [-0.25, -0.2) is 4.98 Å². The van der Waals surface area contributed by atoms with Gasteiger partial charge in [-0.3, -0.25) is 0 Å². The highest BCUT2D eigenvalue weighted by Gasteiger charge is 2.11. The van der Waals surface area contributed by atoms with Gasteiger partial charge in [-0.05, 0) is 24.3 Å². The summed E-state index contributed by atoms with van der Waals surface area (Å²) in [5, 5.41) is 8.80. The van der Waals surface area contributed by atoms with E-state index in [9.17, 15) is 0 Å². The van der Waals surface area contributed by atoms with Gasteiger partial charge in [0.1, 0.15) is 0 Å². The van der Waals surface area contributed by atoms with Gasteiger partial charge in [-0.2, -0.15) is 0 Å². The van der Waals surface area contributed by atoms with Crippen LogP contribution in [0.15, 0.2) is 22.9 Å². The molecule has 2 aromatic heterocycles. The Morgan fingerprint density at radius 3 is 2.81 bits per heavy atom. The molecule has 2 heterocycles. The van der Waals surface area contributed by atoms with Crippen molar-refractivity contribution in [2.75, 3.05) is 5.32 Å². The van der Waals surface area contributed by atoms with E-state index in [4.69, 9.17) is 0 Å². The number of thiophene rings is 1. The number of aromatic nitrogens is 1. The second kappa shape index (κ2) is 5.46. The highest BCUT2D eigenvalue weighted by Crippen LogP contribution is 2.27. The minimum absolute atomic E-state index is 0.399. The third-order valence-corrected chi connectivity index (χ3v) is 4.31. The first-order valence-electron chi connectivity index (χ1n) is 5.57. The van der Waals surface area contributed by atoms with Crippen molar-refractivity contribution in [3.63, 3.8) is 0 Å². The fraction of sp³-hybridized carbons (Fsp3) is 0.417. The lowest BCUT2D eigenvalue weighted by Crippen LogP contribution is -2.07. The summed E-state index contributed by atoms with van der Waals surface area (Å²) in [7, 11) is 0. The highest BCUT2D eigenvalue weighted by molar-refractivity contribution is 7.13. The third-order valence-electron chi connectivity index (χ3n) is 2.51. The predicted octanol–water partition coefficient (Wildman–Crippen LogP) is 4.33. The molecule has 1 atom stereocenters. The van der Waals surface area contributed by atoms with Crippen LogP contribution < -0.4 is 5.32 Å². The van der Waals surface area contributed by atoms with Gasteiger partial charge in [0.2, 0.25) is 0 Å². The molecular formula is C12H16N2S2. The van der Waals surface area contributed by atoms with Gasteiger partial charge in [-0.15, -0.1) is 22.7 Å². The Hall–Kier alpha value is -0.870. The molecule has 2 rings (SSSR count). The molecule has 0 radical (unpaired) electrons. The minimum Gasteiger partial charge on any atom is -0.354 e. The first-order chi connectivity index (χ1) is 7.83. The van der Waals surface area contributed by atoms with Crippen LogP contribution >= 0.6 is 22.7 Å². The molecule has 0 amide bonds. The topological polar surface area (TPSA) is 24.9 Å². The molecule has 2 nitrogen and oxygen atoms in total. The van der Waals surface area contributed by atoms with Gasteiger partial charge in [0.25, 0.3) is 0 Å². The summed E-state index contributed by atoms with van der Waals surface area (Å²) in [5.74, 6) is 0. The number of thiazole rings is 1. The van der Waals surface area contributed by atoms with Crippen LogP contribution in [0.25, 0.3) is 0 Å². The van der Waals surface area contributed by atoms with Crippen LogP contribution in [0.1, 0.15) is 36.9 Å². The number of hydrogen-bond donors (Lipinski definition) is 1. The molecular weight excluding hydrogens is 236 g/mol. The van der Waals surface area contributed by atoms with E-state index in [1.54, 1.807) is 22.7 Å². The van der Waals surface area contributed by atoms with Crippen LogP contribution in [0, 0.1) is 0 Å². The van der Waals surface area contributed by atoms with E-state index in [2.05, 4.69) is 47.0 Å². The minimum atomic E-state index is 0.399. The van der Waals surface area contributed by atoms with Crippen molar-refractivity contribution in [2.45, 2.75) is 32.7 Å². The Morgan fingerprint density at radius 2 is 2.25 bits per heavy atom. The number of nitrogens with one attached hydrogen (secondary N) is 1. The molecule has 0 saturated carbocycles. The largest absolute Gasteiger partial charge is 0.354 e. The van der Waals surface area contributed by atoms with Crippen molar-refractivity contribution in [3.8, 4) is 0 Å². The van der Waals surface area contributed by atoms with E-state index in [1.807, 2.05) is 0 Å². The number of aryl methyl sites for hydroxylation is 1. The first kappa shape index (κ1) is 11.6. The van der Waals surface area contributed by atoms with Crippen LogP contribution in [0.4, 0.5) is 5.13 Å². The average Bonchev–Trinajstić information content (AvgIpc) is 2.96. The van der Waals surface area contributed by atoms with Crippen LogP contribution in [0.2, 0.25) is 0 Å². The number of hydrogen-bond acceptors (Lipinski definition) is 4. The fourth-order valence-corrected chi connectivity index (χ4v) is 3.26. The molecule has 0 aromatic carbocycles. The number of rotatable bonds is 5. The van der Waals surface area contributed by atoms with Crippen molar-refractivity contribution >= 4 is 27.8 Å². The highest BCUT2D eigenvalue weighted by atomic mass is 32.1. The SMILES string of the molecule is CCc1csc(NC(CC)c2cccs2)n1. The second-order valence-corrected chi connectivity index (χ2v) is 5.46. The number of nitrogens with zero attached hydrogens (tertiary/aromatic N) is 1. The van der Waals surface area contributed by atoms with Crippen LogP contribution in [0.5, 0.6) is 0 Å². The molecule has 0 spiro atoms. The second-order valence-electron chi connectivity index (χ2n) is 3.62. The van der Waals surface area contributed by atoms with Crippen molar-refractivity contribution in [3.05, 3.63) is 33.5 Å². The molecule has 0 aliphatic heterocycles. The maximum absolute atomic E-state index is 4.54. The van der Waals surface area contributed by atoms with E-state index in [0.717, 1.165) is 18.0 Å². The van der Waals surface area contributed by atoms with Gasteiger partial charge in [0.15, 0.2) is 5.13 Å². The van der Waals surface area contributed by atoms with E-state index >= 15 is 0 Å². The Balaban J connectivity index is 2.07. The zero-order valence-electron chi connectivity index (χ0n) is 9.56. The van der Waals surface area contributed by atoms with Crippen molar-refractivity contribution in [2.24, 2.45) is 0 Å². The molecule has 86 valence electrons. The molecule has 4 heteroatoms. The molecule has 0 aliphatic carbocycles. The fourth-order valence-electron chi connectivity index (χ4n) is 1.55. The van der Waals surface area contributed by atoms with Crippen molar-refractivity contribution in [1.29, 1.82) is 0 Å². The zero-order chi connectivity index (χ0) is 11.4. The summed E-state index contributed by atoms with van der Waals surface area (Å²) in [6.07, 6.45) is 2.09. The van der Waals surface area contributed by atoms with E-state index in [-0.39, 0.29) is 0 Å². The Labute approximate surface area is 104 Å². The lowest BCUT2D eigenvalue weighted by Gasteiger charge is -2.14. The van der Waals surface area contributed by atoms with E-state index < -0.39 is 0 Å². The smallest absolute Gasteiger partial charge is 0.183 e. The Morgan fingerprint density at radius 1 is 1.38 bits per heavy atom. The zero-order valence-corrected chi connectivity index (χ0v) is 11.2. The predicted molar refractivity (Wildman–Crippen MR) is 72.5 cm³/mol. The average molecular weight is 252 g/mol. The lowest BCUT2D eigenvalue weighted by molar-refractivity contribution is 0.761. The first-order valence-corrected chi connectivity index (χ1v) is 7.33. The molecule has 1 N–H and O–H groups in total. The summed E-state index contributed by atoms with van der Waals surface area (Å²) in [6.45, 7) is 4.33. The van der Waals surface area contributed by atoms with Gasteiger partial charge >= 0.3 is 0 Å². The quantitative estimate of drug-likeness (QED) is 0.856. The molecule has 0 saturated heterocycles. The summed E-state index contributed by atoms with van der Waals surface area (Å²) >= 11 is 3.50. The van der Waals surface area contributed by atoms with E-state index in [1.165, 1.54) is 10.6 Å². The molecule has 0 bridgehead atoms. The normalized spacial score (nSPS) is 12.6. The van der Waals surface area contributed by atoms with Crippen LogP contribution in [-0.2, 0) is 6.42 Å². The maximum Gasteiger partial charge on any atom is 0.183 e. The Bertz CT molecular complexity index is 420. The van der Waals surface area contributed by atoms with Crippen LogP contribution in [0.3, 0.4) is 0 Å². The molecule has 0 fully saturated rings.